The summed E-state index contributed by atoms with van der Waals surface area (Å²) >= 11 is 0. The van der Waals surface area contributed by atoms with E-state index in [0.29, 0.717) is 30.2 Å². The average molecular weight is 331 g/mol. The van der Waals surface area contributed by atoms with Crippen LogP contribution in [0.15, 0.2) is 28.8 Å². The van der Waals surface area contributed by atoms with Gasteiger partial charge in [-0.3, -0.25) is 14.9 Å². The van der Waals surface area contributed by atoms with Gasteiger partial charge in [0.05, 0.1) is 10.5 Å². The molecule has 1 aromatic heterocycles. The Balaban J connectivity index is 1.51. The molecule has 0 unspecified atom stereocenters. The fourth-order valence-corrected chi connectivity index (χ4v) is 2.46. The lowest BCUT2D eigenvalue weighted by Gasteiger charge is -2.34. The summed E-state index contributed by atoms with van der Waals surface area (Å²) in [6.07, 6.45) is 3.15. The molecule has 1 aromatic carbocycles. The maximum atomic E-state index is 12.0. The smallest absolute Gasteiger partial charge is 0.269 e. The molecule has 9 nitrogen and oxygen atoms in total. The van der Waals surface area contributed by atoms with Crippen molar-refractivity contribution in [2.45, 2.75) is 31.2 Å². The number of nitro benzene ring substituents is 1. The number of aromatic nitrogens is 2. The van der Waals surface area contributed by atoms with Crippen molar-refractivity contribution in [3.63, 3.8) is 0 Å². The van der Waals surface area contributed by atoms with Crippen molar-refractivity contribution in [1.82, 2.24) is 15.5 Å². The van der Waals surface area contributed by atoms with Crippen molar-refractivity contribution < 1.29 is 14.2 Å². The molecule has 1 aliphatic rings. The molecule has 3 rings (SSSR count). The van der Waals surface area contributed by atoms with Gasteiger partial charge >= 0.3 is 0 Å². The van der Waals surface area contributed by atoms with Gasteiger partial charge in [-0.1, -0.05) is 5.16 Å². The van der Waals surface area contributed by atoms with Crippen LogP contribution >= 0.6 is 0 Å². The van der Waals surface area contributed by atoms with Crippen LogP contribution in [0.2, 0.25) is 0 Å². The van der Waals surface area contributed by atoms with E-state index in [1.807, 2.05) is 0 Å². The van der Waals surface area contributed by atoms with E-state index in [1.54, 1.807) is 0 Å². The van der Waals surface area contributed by atoms with Gasteiger partial charge in [-0.15, -0.1) is 0 Å². The maximum absolute atomic E-state index is 12.0. The van der Waals surface area contributed by atoms with Crippen LogP contribution in [0.1, 0.15) is 41.3 Å². The summed E-state index contributed by atoms with van der Waals surface area (Å²) in [5, 5.41) is 17.2. The molecule has 0 radical (unpaired) electrons. The summed E-state index contributed by atoms with van der Waals surface area (Å²) in [6, 6.07) is 5.40. The van der Waals surface area contributed by atoms with Crippen molar-refractivity contribution in [3.05, 3.63) is 51.7 Å². The first-order valence-corrected chi connectivity index (χ1v) is 7.62. The Kier molecular flexibility index (Phi) is 4.26. The lowest BCUT2D eigenvalue weighted by Crippen LogP contribution is -2.44. The molecule has 0 aliphatic heterocycles. The largest absolute Gasteiger partial charge is 0.352 e. The number of benzene rings is 1. The quantitative estimate of drug-likeness (QED) is 0.601. The van der Waals surface area contributed by atoms with E-state index in [-0.39, 0.29) is 11.6 Å². The number of hydrogen-bond acceptors (Lipinski definition) is 7. The summed E-state index contributed by atoms with van der Waals surface area (Å²) in [5.41, 5.74) is 5.94. The summed E-state index contributed by atoms with van der Waals surface area (Å²) < 4.78 is 5.15. The standard InChI is InChI=1S/C15H17N5O4/c16-15(7-1-8-15)14-18-12(24-19-14)6-9-17-13(21)10-2-4-11(5-3-10)20(22)23/h2-5H,1,6-9,16H2,(H,17,21). The second-order valence-corrected chi connectivity index (χ2v) is 5.83. The normalized spacial score (nSPS) is 15.5. The molecule has 2 aromatic rings. The summed E-state index contributed by atoms with van der Waals surface area (Å²) in [5.74, 6) is 0.620. The highest BCUT2D eigenvalue weighted by Crippen LogP contribution is 2.36. The Morgan fingerprint density at radius 3 is 2.67 bits per heavy atom. The number of non-ortho nitro benzene ring substituents is 1. The zero-order chi connectivity index (χ0) is 17.2. The monoisotopic (exact) mass is 331 g/mol. The molecule has 0 atom stereocenters. The van der Waals surface area contributed by atoms with Crippen molar-refractivity contribution in [1.29, 1.82) is 0 Å². The van der Waals surface area contributed by atoms with Crippen LogP contribution < -0.4 is 11.1 Å². The predicted octanol–water partition coefficient (Wildman–Crippen LogP) is 1.29. The van der Waals surface area contributed by atoms with Crippen LogP contribution in [0.25, 0.3) is 0 Å². The van der Waals surface area contributed by atoms with Gasteiger partial charge in [-0.05, 0) is 31.4 Å². The minimum atomic E-state index is -0.513. The first kappa shape index (κ1) is 16.1. The molecule has 24 heavy (non-hydrogen) atoms. The maximum Gasteiger partial charge on any atom is 0.269 e. The molecule has 1 amide bonds. The topological polar surface area (TPSA) is 137 Å². The molecule has 1 heterocycles. The van der Waals surface area contributed by atoms with Crippen molar-refractivity contribution in [2.24, 2.45) is 5.73 Å². The van der Waals surface area contributed by atoms with Gasteiger partial charge < -0.3 is 15.6 Å². The molecule has 0 bridgehead atoms. The third kappa shape index (κ3) is 3.25. The van der Waals surface area contributed by atoms with Gasteiger partial charge in [0, 0.05) is 30.7 Å². The SMILES string of the molecule is NC1(c2noc(CCNC(=O)c3ccc([N+](=O)[O-])cc3)n2)CCC1. The molecule has 126 valence electrons. The average Bonchev–Trinajstić information content (AvgIpc) is 3.01. The van der Waals surface area contributed by atoms with E-state index in [4.69, 9.17) is 10.3 Å². The molecule has 1 aliphatic carbocycles. The molecule has 9 heteroatoms. The number of nitrogens with one attached hydrogen (secondary N) is 1. The van der Waals surface area contributed by atoms with Gasteiger partial charge in [0.2, 0.25) is 5.89 Å². The molecule has 0 spiro atoms. The number of nitrogens with two attached hydrogens (primary N) is 1. The van der Waals surface area contributed by atoms with E-state index >= 15 is 0 Å². The third-order valence-electron chi connectivity index (χ3n) is 4.12. The highest BCUT2D eigenvalue weighted by molar-refractivity contribution is 5.94. The number of carbonyl (C=O) groups is 1. The minimum absolute atomic E-state index is 0.0587. The second kappa shape index (κ2) is 6.36. The zero-order valence-electron chi connectivity index (χ0n) is 12.9. The number of carbonyl (C=O) groups excluding carboxylic acids is 1. The molecule has 1 saturated carbocycles. The first-order valence-electron chi connectivity index (χ1n) is 7.62. The minimum Gasteiger partial charge on any atom is -0.352 e. The fraction of sp³-hybridized carbons (Fsp3) is 0.400. The van der Waals surface area contributed by atoms with Gasteiger partial charge in [-0.2, -0.15) is 4.98 Å². The van der Waals surface area contributed by atoms with E-state index in [1.165, 1.54) is 24.3 Å². The predicted molar refractivity (Wildman–Crippen MR) is 83.1 cm³/mol. The number of hydrogen-bond donors (Lipinski definition) is 2. The number of nitro groups is 1. The molecular weight excluding hydrogens is 314 g/mol. The van der Waals surface area contributed by atoms with Gasteiger partial charge in [0.25, 0.3) is 11.6 Å². The highest BCUT2D eigenvalue weighted by Gasteiger charge is 2.38. The summed E-state index contributed by atoms with van der Waals surface area (Å²) in [6.45, 7) is 0.315. The Morgan fingerprint density at radius 1 is 1.38 bits per heavy atom. The van der Waals surface area contributed by atoms with Gasteiger partial charge in [0.15, 0.2) is 5.82 Å². The van der Waals surface area contributed by atoms with Crippen LogP contribution in [-0.2, 0) is 12.0 Å². The first-order chi connectivity index (χ1) is 11.5. The lowest BCUT2D eigenvalue weighted by molar-refractivity contribution is -0.384. The Morgan fingerprint density at radius 2 is 2.08 bits per heavy atom. The molecule has 1 fully saturated rings. The van der Waals surface area contributed by atoms with Gasteiger partial charge in [0.1, 0.15) is 0 Å². The number of amides is 1. The van der Waals surface area contributed by atoms with Crippen LogP contribution in [-0.4, -0.2) is 27.5 Å². The third-order valence-corrected chi connectivity index (χ3v) is 4.12. The highest BCUT2D eigenvalue weighted by atomic mass is 16.6. The van der Waals surface area contributed by atoms with Crippen LogP contribution in [0.3, 0.4) is 0 Å². The van der Waals surface area contributed by atoms with Crippen molar-refractivity contribution in [2.75, 3.05) is 6.54 Å². The van der Waals surface area contributed by atoms with E-state index < -0.39 is 10.5 Å². The molecular formula is C15H17N5O4. The number of rotatable bonds is 6. The fourth-order valence-electron chi connectivity index (χ4n) is 2.46. The van der Waals surface area contributed by atoms with Crippen molar-refractivity contribution >= 4 is 11.6 Å². The van der Waals surface area contributed by atoms with Crippen LogP contribution in [0.5, 0.6) is 0 Å². The molecule has 3 N–H and O–H groups in total. The lowest BCUT2D eigenvalue weighted by atomic mass is 9.77. The summed E-state index contributed by atoms with van der Waals surface area (Å²) in [4.78, 5) is 26.3. The van der Waals surface area contributed by atoms with Crippen LogP contribution in [0, 0.1) is 10.1 Å². The molecule has 0 saturated heterocycles. The summed E-state index contributed by atoms with van der Waals surface area (Å²) in [7, 11) is 0. The van der Waals surface area contributed by atoms with E-state index in [2.05, 4.69) is 15.5 Å². The number of nitrogens with zero attached hydrogens (tertiary/aromatic N) is 3. The van der Waals surface area contributed by atoms with Crippen LogP contribution in [0.4, 0.5) is 5.69 Å². The Bertz CT molecular complexity index is 751. The van der Waals surface area contributed by atoms with E-state index in [0.717, 1.165) is 19.3 Å². The van der Waals surface area contributed by atoms with Gasteiger partial charge in [-0.25, -0.2) is 0 Å². The Labute approximate surface area is 137 Å². The van der Waals surface area contributed by atoms with Crippen molar-refractivity contribution in [3.8, 4) is 0 Å². The second-order valence-electron chi connectivity index (χ2n) is 5.83. The van der Waals surface area contributed by atoms with E-state index in [9.17, 15) is 14.9 Å². The Hall–Kier alpha value is -2.81. The zero-order valence-corrected chi connectivity index (χ0v) is 12.9.